The Hall–Kier alpha value is -2.65. The van der Waals surface area contributed by atoms with Gasteiger partial charge in [0.2, 0.25) is 10.0 Å². The molecular formula is C16H14ClN3O5S. The number of hydrogen-bond acceptors (Lipinski definition) is 5. The number of benzene rings is 2. The van der Waals surface area contributed by atoms with Gasteiger partial charge in [-0.15, -0.1) is 0 Å². The summed E-state index contributed by atoms with van der Waals surface area (Å²) in [6, 6.07) is 9.97. The van der Waals surface area contributed by atoms with Gasteiger partial charge in [0.15, 0.2) is 0 Å². The molecule has 10 heteroatoms. The second-order valence-corrected chi connectivity index (χ2v) is 8.08. The van der Waals surface area contributed by atoms with Gasteiger partial charge in [-0.2, -0.15) is 0 Å². The number of nitro benzene ring substituents is 1. The first-order valence-corrected chi connectivity index (χ1v) is 9.62. The monoisotopic (exact) mass is 395 g/mol. The summed E-state index contributed by atoms with van der Waals surface area (Å²) in [7, 11) is -3.26. The Morgan fingerprint density at radius 1 is 1.19 bits per heavy atom. The van der Waals surface area contributed by atoms with Crippen LogP contribution in [0.4, 0.5) is 17.1 Å². The van der Waals surface area contributed by atoms with Crippen LogP contribution in [-0.2, 0) is 10.0 Å². The molecule has 8 nitrogen and oxygen atoms in total. The highest BCUT2D eigenvalue weighted by Crippen LogP contribution is 2.26. The van der Waals surface area contributed by atoms with Crippen LogP contribution >= 0.6 is 11.6 Å². The Bertz CT molecular complexity index is 976. The number of anilines is 2. The Kier molecular flexibility index (Phi) is 4.84. The van der Waals surface area contributed by atoms with E-state index in [1.807, 2.05) is 0 Å². The van der Waals surface area contributed by atoms with Crippen LogP contribution in [0.5, 0.6) is 0 Å². The highest BCUT2D eigenvalue weighted by atomic mass is 35.5. The molecule has 2 aromatic carbocycles. The van der Waals surface area contributed by atoms with Gasteiger partial charge >= 0.3 is 0 Å². The normalized spacial score (nSPS) is 15.7. The molecule has 0 saturated carbocycles. The van der Waals surface area contributed by atoms with Gasteiger partial charge in [-0.3, -0.25) is 19.2 Å². The fourth-order valence-corrected chi connectivity index (χ4v) is 4.47. The van der Waals surface area contributed by atoms with Crippen LogP contribution in [0.3, 0.4) is 0 Å². The predicted octanol–water partition coefficient (Wildman–Crippen LogP) is 3.04. The van der Waals surface area contributed by atoms with Gasteiger partial charge in [-0.05, 0) is 36.8 Å². The van der Waals surface area contributed by atoms with Gasteiger partial charge in [0, 0.05) is 24.4 Å². The number of carbonyl (C=O) groups excluding carboxylic acids is 1. The summed E-state index contributed by atoms with van der Waals surface area (Å²) in [6.07, 6.45) is 0.583. The maximum Gasteiger partial charge on any atom is 0.270 e. The molecule has 1 N–H and O–H groups in total. The van der Waals surface area contributed by atoms with Crippen molar-refractivity contribution < 1.29 is 18.1 Å². The molecule has 0 bridgehead atoms. The van der Waals surface area contributed by atoms with Crippen molar-refractivity contribution in [3.8, 4) is 0 Å². The van der Waals surface area contributed by atoms with E-state index in [9.17, 15) is 23.3 Å². The summed E-state index contributed by atoms with van der Waals surface area (Å²) in [5, 5.41) is 13.3. The Balaban J connectivity index is 1.75. The molecule has 1 aliphatic rings. The maximum atomic E-state index is 12.3. The van der Waals surface area contributed by atoms with Gasteiger partial charge < -0.3 is 5.32 Å². The average molecular weight is 396 g/mol. The molecular weight excluding hydrogens is 382 g/mol. The van der Waals surface area contributed by atoms with Crippen molar-refractivity contribution in [2.75, 3.05) is 21.9 Å². The Morgan fingerprint density at radius 3 is 2.42 bits per heavy atom. The van der Waals surface area contributed by atoms with Crippen molar-refractivity contribution in [1.82, 2.24) is 0 Å². The number of sulfonamides is 1. The Labute approximate surface area is 154 Å². The van der Waals surface area contributed by atoms with E-state index in [1.165, 1.54) is 16.4 Å². The zero-order valence-corrected chi connectivity index (χ0v) is 15.0. The molecule has 0 aliphatic carbocycles. The van der Waals surface area contributed by atoms with Gasteiger partial charge in [0.05, 0.1) is 26.9 Å². The van der Waals surface area contributed by atoms with Crippen molar-refractivity contribution in [3.05, 3.63) is 63.2 Å². The third kappa shape index (κ3) is 3.63. The average Bonchev–Trinajstić information content (AvgIpc) is 2.94. The van der Waals surface area contributed by atoms with E-state index in [-0.39, 0.29) is 22.0 Å². The number of rotatable bonds is 4. The molecule has 0 atom stereocenters. The van der Waals surface area contributed by atoms with E-state index >= 15 is 0 Å². The van der Waals surface area contributed by atoms with Crippen molar-refractivity contribution in [2.45, 2.75) is 6.42 Å². The van der Waals surface area contributed by atoms with Gasteiger partial charge in [-0.1, -0.05) is 11.6 Å². The number of nitrogens with zero attached hydrogens (tertiary/aromatic N) is 2. The molecule has 1 amide bonds. The van der Waals surface area contributed by atoms with Crippen LogP contribution < -0.4 is 9.62 Å². The number of nitrogens with one attached hydrogen (secondary N) is 1. The molecule has 0 aromatic heterocycles. The predicted molar refractivity (Wildman–Crippen MR) is 98.3 cm³/mol. The van der Waals surface area contributed by atoms with Gasteiger partial charge in [0.25, 0.3) is 11.6 Å². The van der Waals surface area contributed by atoms with Crippen molar-refractivity contribution in [2.24, 2.45) is 0 Å². The van der Waals surface area contributed by atoms with E-state index in [0.717, 1.165) is 6.07 Å². The highest BCUT2D eigenvalue weighted by Gasteiger charge is 2.28. The maximum absolute atomic E-state index is 12.3. The largest absolute Gasteiger partial charge is 0.322 e. The number of halogens is 1. The molecule has 1 heterocycles. The lowest BCUT2D eigenvalue weighted by atomic mass is 10.2. The number of nitro groups is 1. The summed E-state index contributed by atoms with van der Waals surface area (Å²) in [5.74, 6) is -0.393. The molecule has 0 spiro atoms. The zero-order chi connectivity index (χ0) is 18.9. The SMILES string of the molecule is O=C(Nc1ccc(N2CCCS2(=O)=O)cc1)c1ccc([N+](=O)[O-])cc1Cl. The van der Waals surface area contributed by atoms with E-state index in [1.54, 1.807) is 24.3 Å². The first-order valence-electron chi connectivity index (χ1n) is 7.64. The summed E-state index contributed by atoms with van der Waals surface area (Å²) in [4.78, 5) is 22.4. The highest BCUT2D eigenvalue weighted by molar-refractivity contribution is 7.93. The lowest BCUT2D eigenvalue weighted by Crippen LogP contribution is -2.25. The molecule has 26 heavy (non-hydrogen) atoms. The molecule has 0 radical (unpaired) electrons. The van der Waals surface area contributed by atoms with E-state index in [4.69, 9.17) is 11.6 Å². The third-order valence-electron chi connectivity index (χ3n) is 3.92. The molecule has 2 aromatic rings. The second kappa shape index (κ2) is 6.93. The second-order valence-electron chi connectivity index (χ2n) is 5.66. The van der Waals surface area contributed by atoms with Crippen LogP contribution in [0, 0.1) is 10.1 Å². The standard InChI is InChI=1S/C16H14ClN3O5S/c17-15-10-13(20(22)23)6-7-14(15)16(21)18-11-2-4-12(5-3-11)19-8-1-9-26(19,24)25/h2-7,10H,1,8-9H2,(H,18,21). The van der Waals surface area contributed by atoms with Crippen molar-refractivity contribution >= 4 is 44.6 Å². The van der Waals surface area contributed by atoms with Crippen LogP contribution in [0.25, 0.3) is 0 Å². The summed E-state index contributed by atoms with van der Waals surface area (Å²) in [5.41, 5.74) is 0.879. The smallest absolute Gasteiger partial charge is 0.270 e. The number of carbonyl (C=O) groups is 1. The summed E-state index contributed by atoms with van der Waals surface area (Å²) in [6.45, 7) is 0.437. The molecule has 1 aliphatic heterocycles. The lowest BCUT2D eigenvalue weighted by molar-refractivity contribution is -0.384. The first kappa shape index (κ1) is 18.2. The van der Waals surface area contributed by atoms with Crippen molar-refractivity contribution in [1.29, 1.82) is 0 Å². The Morgan fingerprint density at radius 2 is 1.88 bits per heavy atom. The minimum Gasteiger partial charge on any atom is -0.322 e. The fraction of sp³-hybridized carbons (Fsp3) is 0.188. The molecule has 3 rings (SSSR count). The number of amides is 1. The lowest BCUT2D eigenvalue weighted by Gasteiger charge is -2.17. The quantitative estimate of drug-likeness (QED) is 0.632. The van der Waals surface area contributed by atoms with Crippen LogP contribution in [0.1, 0.15) is 16.8 Å². The fourth-order valence-electron chi connectivity index (χ4n) is 2.64. The molecule has 136 valence electrons. The van der Waals surface area contributed by atoms with Gasteiger partial charge in [-0.25, -0.2) is 8.42 Å². The summed E-state index contributed by atoms with van der Waals surface area (Å²) < 4.78 is 25.2. The molecule has 1 fully saturated rings. The topological polar surface area (TPSA) is 110 Å². The third-order valence-corrected chi connectivity index (χ3v) is 6.10. The molecule has 1 saturated heterocycles. The van der Waals surface area contributed by atoms with Crippen LogP contribution in [0.15, 0.2) is 42.5 Å². The van der Waals surface area contributed by atoms with Crippen LogP contribution in [0.2, 0.25) is 5.02 Å². The minimum atomic E-state index is -3.26. The number of hydrogen-bond donors (Lipinski definition) is 1. The van der Waals surface area contributed by atoms with Crippen LogP contribution in [-0.4, -0.2) is 31.5 Å². The summed E-state index contributed by atoms with van der Waals surface area (Å²) >= 11 is 5.94. The van der Waals surface area contributed by atoms with E-state index < -0.39 is 20.9 Å². The van der Waals surface area contributed by atoms with E-state index in [0.29, 0.717) is 24.3 Å². The van der Waals surface area contributed by atoms with Crippen molar-refractivity contribution in [3.63, 3.8) is 0 Å². The minimum absolute atomic E-state index is 0.0310. The first-order chi connectivity index (χ1) is 12.3. The zero-order valence-electron chi connectivity index (χ0n) is 13.4. The number of non-ortho nitro benzene ring substituents is 1. The van der Waals surface area contributed by atoms with Gasteiger partial charge in [0.1, 0.15) is 0 Å². The van der Waals surface area contributed by atoms with E-state index in [2.05, 4.69) is 5.32 Å². The molecule has 0 unspecified atom stereocenters.